The molecule has 86 valence electrons. The molecule has 0 heterocycles. The predicted octanol–water partition coefficient (Wildman–Crippen LogP) is 2.43. The van der Waals surface area contributed by atoms with Crippen molar-refractivity contribution < 1.29 is 9.66 Å². The maximum atomic E-state index is 10.8. The van der Waals surface area contributed by atoms with Gasteiger partial charge in [0.2, 0.25) is 0 Å². The Morgan fingerprint density at radius 2 is 2.31 bits per heavy atom. The van der Waals surface area contributed by atoms with Gasteiger partial charge in [-0.1, -0.05) is 0 Å². The summed E-state index contributed by atoms with van der Waals surface area (Å²) in [6.07, 6.45) is 2.51. The molecule has 0 spiro atoms. The summed E-state index contributed by atoms with van der Waals surface area (Å²) in [7, 11) is 1.43. The molecule has 0 aromatic heterocycles. The number of methoxy groups -OCH3 is 1. The van der Waals surface area contributed by atoms with Crippen LogP contribution in [-0.2, 0) is 0 Å². The van der Waals surface area contributed by atoms with Gasteiger partial charge < -0.3 is 10.1 Å². The molecule has 0 amide bonds. The zero-order valence-electron chi connectivity index (χ0n) is 9.10. The largest absolute Gasteiger partial charge is 0.490 e. The summed E-state index contributed by atoms with van der Waals surface area (Å²) >= 11 is 0. The predicted molar refractivity (Wildman–Crippen MR) is 60.9 cm³/mol. The zero-order valence-corrected chi connectivity index (χ0v) is 9.10. The highest BCUT2D eigenvalue weighted by molar-refractivity contribution is 5.58. The first-order chi connectivity index (χ1) is 7.70. The molecule has 1 aromatic carbocycles. The molecular formula is C11H14N2O3. The van der Waals surface area contributed by atoms with Gasteiger partial charge in [-0.15, -0.1) is 0 Å². The van der Waals surface area contributed by atoms with Gasteiger partial charge in [0.15, 0.2) is 5.75 Å². The summed E-state index contributed by atoms with van der Waals surface area (Å²) in [4.78, 5) is 10.4. The van der Waals surface area contributed by atoms with Crippen molar-refractivity contribution in [3.63, 3.8) is 0 Å². The first-order valence-corrected chi connectivity index (χ1v) is 5.27. The third-order valence-corrected chi connectivity index (χ3v) is 2.67. The summed E-state index contributed by atoms with van der Waals surface area (Å²) in [5.41, 5.74) is 0.780. The highest BCUT2D eigenvalue weighted by atomic mass is 16.6. The number of anilines is 1. The van der Waals surface area contributed by atoms with Crippen molar-refractivity contribution in [2.24, 2.45) is 5.92 Å². The number of nitro benzene ring substituents is 1. The lowest BCUT2D eigenvalue weighted by atomic mass is 10.2. The molecule has 0 saturated heterocycles. The number of hydrogen-bond donors (Lipinski definition) is 1. The Morgan fingerprint density at radius 3 is 2.88 bits per heavy atom. The highest BCUT2D eigenvalue weighted by Gasteiger charge is 2.21. The minimum atomic E-state index is -0.429. The molecule has 2 rings (SSSR count). The fraction of sp³-hybridized carbons (Fsp3) is 0.455. The fourth-order valence-electron chi connectivity index (χ4n) is 1.53. The highest BCUT2D eigenvalue weighted by Crippen LogP contribution is 2.32. The number of benzene rings is 1. The molecule has 0 atom stereocenters. The molecule has 0 radical (unpaired) electrons. The second-order valence-corrected chi connectivity index (χ2v) is 3.97. The Balaban J connectivity index is 2.13. The van der Waals surface area contributed by atoms with E-state index in [1.165, 1.54) is 26.0 Å². The molecule has 1 saturated carbocycles. The number of nitrogens with one attached hydrogen (secondary N) is 1. The average molecular weight is 222 g/mol. The number of rotatable bonds is 5. The van der Waals surface area contributed by atoms with E-state index < -0.39 is 4.92 Å². The van der Waals surface area contributed by atoms with Crippen molar-refractivity contribution in [3.05, 3.63) is 28.3 Å². The van der Waals surface area contributed by atoms with Crippen LogP contribution in [0.15, 0.2) is 18.2 Å². The maximum Gasteiger partial charge on any atom is 0.312 e. The Bertz CT molecular complexity index is 402. The number of nitro groups is 1. The van der Waals surface area contributed by atoms with E-state index in [2.05, 4.69) is 5.32 Å². The van der Waals surface area contributed by atoms with Crippen LogP contribution < -0.4 is 10.1 Å². The quantitative estimate of drug-likeness (QED) is 0.613. The van der Waals surface area contributed by atoms with Crippen LogP contribution in [0, 0.1) is 16.0 Å². The third kappa shape index (κ3) is 2.42. The fourth-order valence-corrected chi connectivity index (χ4v) is 1.53. The molecule has 5 heteroatoms. The van der Waals surface area contributed by atoms with E-state index in [4.69, 9.17) is 4.74 Å². The summed E-state index contributed by atoms with van der Waals surface area (Å²) in [6.45, 7) is 0.892. The lowest BCUT2D eigenvalue weighted by Gasteiger charge is -2.07. The minimum Gasteiger partial charge on any atom is -0.490 e. The van der Waals surface area contributed by atoms with E-state index in [0.717, 1.165) is 18.2 Å². The van der Waals surface area contributed by atoms with Crippen LogP contribution in [-0.4, -0.2) is 18.6 Å². The molecule has 0 bridgehead atoms. The molecule has 1 aliphatic carbocycles. The van der Waals surface area contributed by atoms with Gasteiger partial charge in [0, 0.05) is 18.3 Å². The van der Waals surface area contributed by atoms with Gasteiger partial charge in [0.25, 0.3) is 0 Å². The van der Waals surface area contributed by atoms with E-state index in [0.29, 0.717) is 5.75 Å². The van der Waals surface area contributed by atoms with Gasteiger partial charge in [-0.2, -0.15) is 0 Å². The van der Waals surface area contributed by atoms with Crippen LogP contribution in [0.5, 0.6) is 5.75 Å². The van der Waals surface area contributed by atoms with E-state index in [-0.39, 0.29) is 5.69 Å². The van der Waals surface area contributed by atoms with E-state index >= 15 is 0 Å². The van der Waals surface area contributed by atoms with Crippen molar-refractivity contribution in [3.8, 4) is 5.75 Å². The van der Waals surface area contributed by atoms with Gasteiger partial charge >= 0.3 is 5.69 Å². The second-order valence-electron chi connectivity index (χ2n) is 3.97. The summed E-state index contributed by atoms with van der Waals surface area (Å²) < 4.78 is 4.93. The molecule has 0 unspecified atom stereocenters. The Kier molecular flexibility index (Phi) is 2.94. The molecule has 16 heavy (non-hydrogen) atoms. The van der Waals surface area contributed by atoms with E-state index in [1.807, 2.05) is 0 Å². The van der Waals surface area contributed by atoms with Crippen LogP contribution in [0.3, 0.4) is 0 Å². The molecule has 1 fully saturated rings. The Morgan fingerprint density at radius 1 is 1.56 bits per heavy atom. The van der Waals surface area contributed by atoms with Gasteiger partial charge in [-0.3, -0.25) is 10.1 Å². The monoisotopic (exact) mass is 222 g/mol. The molecule has 1 N–H and O–H groups in total. The Labute approximate surface area is 93.6 Å². The van der Waals surface area contributed by atoms with Gasteiger partial charge in [0.05, 0.1) is 12.0 Å². The molecule has 0 aliphatic heterocycles. The smallest absolute Gasteiger partial charge is 0.312 e. The van der Waals surface area contributed by atoms with Crippen molar-refractivity contribution in [2.45, 2.75) is 12.8 Å². The minimum absolute atomic E-state index is 0.00305. The van der Waals surface area contributed by atoms with Gasteiger partial charge in [-0.05, 0) is 30.9 Å². The standard InChI is InChI=1S/C11H14N2O3/c1-16-11-5-4-9(6-10(11)13(14)15)12-7-8-2-3-8/h4-6,8,12H,2-3,7H2,1H3. The van der Waals surface area contributed by atoms with Gasteiger partial charge in [-0.25, -0.2) is 0 Å². The van der Waals surface area contributed by atoms with E-state index in [1.54, 1.807) is 12.1 Å². The second kappa shape index (κ2) is 4.38. The van der Waals surface area contributed by atoms with Crippen LogP contribution in [0.4, 0.5) is 11.4 Å². The van der Waals surface area contributed by atoms with Crippen LogP contribution >= 0.6 is 0 Å². The Hall–Kier alpha value is -1.78. The summed E-state index contributed by atoms with van der Waals surface area (Å²) in [5.74, 6) is 1.03. The first kappa shape index (κ1) is 10.7. The lowest BCUT2D eigenvalue weighted by Crippen LogP contribution is -2.04. The molecule has 5 nitrogen and oxygen atoms in total. The van der Waals surface area contributed by atoms with Crippen LogP contribution in [0.2, 0.25) is 0 Å². The van der Waals surface area contributed by atoms with Crippen molar-refractivity contribution >= 4 is 11.4 Å². The SMILES string of the molecule is COc1ccc(NCC2CC2)cc1[N+](=O)[O-]. The van der Waals surface area contributed by atoms with E-state index in [9.17, 15) is 10.1 Å². The topological polar surface area (TPSA) is 64.4 Å². The number of hydrogen-bond acceptors (Lipinski definition) is 4. The van der Waals surface area contributed by atoms with Crippen LogP contribution in [0.25, 0.3) is 0 Å². The zero-order chi connectivity index (χ0) is 11.5. The number of nitrogens with zero attached hydrogens (tertiary/aromatic N) is 1. The van der Waals surface area contributed by atoms with Crippen molar-refractivity contribution in [2.75, 3.05) is 19.0 Å². The molecule has 1 aliphatic rings. The first-order valence-electron chi connectivity index (χ1n) is 5.27. The third-order valence-electron chi connectivity index (χ3n) is 2.67. The van der Waals surface area contributed by atoms with Crippen molar-refractivity contribution in [1.29, 1.82) is 0 Å². The van der Waals surface area contributed by atoms with Crippen molar-refractivity contribution in [1.82, 2.24) is 0 Å². The number of ether oxygens (including phenoxy) is 1. The maximum absolute atomic E-state index is 10.8. The summed E-state index contributed by atoms with van der Waals surface area (Å²) in [6, 6.07) is 4.93. The molecule has 1 aromatic rings. The normalized spacial score (nSPS) is 14.6. The van der Waals surface area contributed by atoms with Crippen LogP contribution in [0.1, 0.15) is 12.8 Å². The molecular weight excluding hydrogens is 208 g/mol. The lowest BCUT2D eigenvalue weighted by molar-refractivity contribution is -0.385. The summed E-state index contributed by atoms with van der Waals surface area (Å²) in [5, 5.41) is 14.0. The average Bonchev–Trinajstić information content (AvgIpc) is 3.09. The van der Waals surface area contributed by atoms with Gasteiger partial charge in [0.1, 0.15) is 0 Å².